The van der Waals surface area contributed by atoms with E-state index < -0.39 is 54.0 Å². The Morgan fingerprint density at radius 1 is 1.25 bits per heavy atom. The van der Waals surface area contributed by atoms with E-state index in [-0.39, 0.29) is 6.42 Å². The molecule has 0 bridgehead atoms. The van der Waals surface area contributed by atoms with Crippen LogP contribution < -0.4 is 10.5 Å². The van der Waals surface area contributed by atoms with Crippen LogP contribution in [0, 0.1) is 20.2 Å². The molecule has 0 heterocycles. The molecule has 24 heavy (non-hydrogen) atoms. The summed E-state index contributed by atoms with van der Waals surface area (Å²) in [4.78, 5) is 19.9. The molecule has 12 heteroatoms. The molecule has 0 aromatic heterocycles. The minimum absolute atomic E-state index is 0.196. The molecule has 4 N–H and O–H groups in total. The first-order valence-corrected chi connectivity index (χ1v) is 8.46. The number of anilines is 1. The van der Waals surface area contributed by atoms with Gasteiger partial charge >= 0.3 is 11.4 Å². The molecule has 0 radical (unpaired) electrons. The van der Waals surface area contributed by atoms with Gasteiger partial charge in [0.15, 0.2) is 5.69 Å². The van der Waals surface area contributed by atoms with E-state index >= 15 is 0 Å². The van der Waals surface area contributed by atoms with E-state index in [1.807, 2.05) is 0 Å². The normalized spacial score (nSPS) is 14.0. The highest BCUT2D eigenvalue weighted by Crippen LogP contribution is 2.37. The maximum atomic E-state index is 11.4. The minimum atomic E-state index is -4.36. The van der Waals surface area contributed by atoms with E-state index in [1.165, 1.54) is 6.92 Å². The van der Waals surface area contributed by atoms with Gasteiger partial charge in [0.05, 0.1) is 20.8 Å². The van der Waals surface area contributed by atoms with E-state index in [0.29, 0.717) is 18.6 Å². The zero-order valence-corrected chi connectivity index (χ0v) is 13.8. The Kier molecular flexibility index (Phi) is 6.17. The molecule has 1 aromatic rings. The quantitative estimate of drug-likeness (QED) is 0.454. The number of primary sulfonamides is 1. The molecule has 1 aromatic carbocycles. The number of nitro groups is 2. The SMILES string of the molecule is CCC(CC(C)O)Nc1c([N+](=O)[O-])cc(S(N)(=O)=O)cc1[N+](=O)[O-]. The number of nitro benzene ring substituents is 2. The second-order valence-electron chi connectivity index (χ2n) is 5.23. The molecular weight excluding hydrogens is 344 g/mol. The van der Waals surface area contributed by atoms with Gasteiger partial charge in [0.1, 0.15) is 0 Å². The van der Waals surface area contributed by atoms with Crippen LogP contribution in [0.5, 0.6) is 0 Å². The van der Waals surface area contributed by atoms with E-state index in [2.05, 4.69) is 5.32 Å². The predicted molar refractivity (Wildman–Crippen MR) is 85.1 cm³/mol. The van der Waals surface area contributed by atoms with Crippen molar-refractivity contribution in [3.8, 4) is 0 Å². The average Bonchev–Trinajstić information content (AvgIpc) is 2.44. The molecule has 0 fully saturated rings. The first kappa shape index (κ1) is 19.7. The summed E-state index contributed by atoms with van der Waals surface area (Å²) in [6, 6.07) is 0.849. The van der Waals surface area contributed by atoms with Gasteiger partial charge in [0.25, 0.3) is 0 Å². The highest BCUT2D eigenvalue weighted by Gasteiger charge is 2.31. The number of hydrogen-bond acceptors (Lipinski definition) is 8. The van der Waals surface area contributed by atoms with Crippen molar-refractivity contribution in [3.63, 3.8) is 0 Å². The summed E-state index contributed by atoms with van der Waals surface area (Å²) in [6.07, 6.45) is -0.109. The molecular formula is C12H18N4O7S. The zero-order chi connectivity index (χ0) is 18.7. The third-order valence-corrected chi connectivity index (χ3v) is 4.15. The molecule has 0 aliphatic heterocycles. The van der Waals surface area contributed by atoms with Crippen molar-refractivity contribution in [2.45, 2.75) is 43.7 Å². The number of rotatable bonds is 8. The van der Waals surface area contributed by atoms with Gasteiger partial charge in [-0.15, -0.1) is 0 Å². The zero-order valence-electron chi connectivity index (χ0n) is 13.0. The maximum Gasteiger partial charge on any atom is 0.300 e. The first-order chi connectivity index (χ1) is 11.0. The lowest BCUT2D eigenvalue weighted by molar-refractivity contribution is -0.392. The van der Waals surface area contributed by atoms with E-state index in [1.54, 1.807) is 6.92 Å². The van der Waals surface area contributed by atoms with Crippen molar-refractivity contribution in [2.24, 2.45) is 5.14 Å². The molecule has 2 atom stereocenters. The molecule has 0 aliphatic carbocycles. The number of sulfonamides is 1. The van der Waals surface area contributed by atoms with Gasteiger partial charge in [0.2, 0.25) is 10.0 Å². The van der Waals surface area contributed by atoms with Crippen LogP contribution in [0.2, 0.25) is 0 Å². The van der Waals surface area contributed by atoms with E-state index in [0.717, 1.165) is 0 Å². The van der Waals surface area contributed by atoms with E-state index in [4.69, 9.17) is 5.14 Å². The number of aliphatic hydroxyl groups is 1. The lowest BCUT2D eigenvalue weighted by atomic mass is 10.1. The van der Waals surface area contributed by atoms with Gasteiger partial charge in [-0.2, -0.15) is 0 Å². The summed E-state index contributed by atoms with van der Waals surface area (Å²) in [5.74, 6) is 0. The summed E-state index contributed by atoms with van der Waals surface area (Å²) < 4.78 is 22.8. The van der Waals surface area contributed by atoms with Crippen LogP contribution in [0.15, 0.2) is 17.0 Å². The Bertz CT molecular complexity index is 713. The Balaban J connectivity index is 3.56. The van der Waals surface area contributed by atoms with Crippen LogP contribution in [0.1, 0.15) is 26.7 Å². The van der Waals surface area contributed by atoms with Gasteiger partial charge < -0.3 is 10.4 Å². The number of hydrogen-bond donors (Lipinski definition) is 3. The van der Waals surface area contributed by atoms with Crippen LogP contribution in [0.25, 0.3) is 0 Å². The summed E-state index contributed by atoms with van der Waals surface area (Å²) >= 11 is 0. The third-order valence-electron chi connectivity index (χ3n) is 3.26. The summed E-state index contributed by atoms with van der Waals surface area (Å²) in [5, 5.41) is 39.5. The second-order valence-corrected chi connectivity index (χ2v) is 6.79. The Labute approximate surface area is 137 Å². The number of nitrogens with one attached hydrogen (secondary N) is 1. The lowest BCUT2D eigenvalue weighted by Gasteiger charge is -2.19. The number of benzene rings is 1. The smallest absolute Gasteiger partial charge is 0.300 e. The van der Waals surface area contributed by atoms with Gasteiger partial charge in [-0.25, -0.2) is 13.6 Å². The van der Waals surface area contributed by atoms with Crippen molar-refractivity contribution >= 4 is 27.1 Å². The Morgan fingerprint density at radius 3 is 2.00 bits per heavy atom. The van der Waals surface area contributed by atoms with Crippen LogP contribution in [-0.4, -0.2) is 35.5 Å². The van der Waals surface area contributed by atoms with Crippen LogP contribution in [0.3, 0.4) is 0 Å². The average molecular weight is 362 g/mol. The van der Waals surface area contributed by atoms with Crippen LogP contribution >= 0.6 is 0 Å². The fourth-order valence-electron chi connectivity index (χ4n) is 2.13. The minimum Gasteiger partial charge on any atom is -0.393 e. The fourth-order valence-corrected chi connectivity index (χ4v) is 2.68. The highest BCUT2D eigenvalue weighted by molar-refractivity contribution is 7.89. The number of nitrogens with zero attached hydrogens (tertiary/aromatic N) is 2. The van der Waals surface area contributed by atoms with Crippen LogP contribution in [-0.2, 0) is 10.0 Å². The summed E-state index contributed by atoms with van der Waals surface area (Å²) in [6.45, 7) is 3.24. The van der Waals surface area contributed by atoms with Crippen molar-refractivity contribution in [3.05, 3.63) is 32.4 Å². The van der Waals surface area contributed by atoms with Gasteiger partial charge in [-0.1, -0.05) is 6.92 Å². The summed E-state index contributed by atoms with van der Waals surface area (Å²) in [7, 11) is -4.36. The van der Waals surface area contributed by atoms with Gasteiger partial charge in [0, 0.05) is 18.2 Å². The lowest BCUT2D eigenvalue weighted by Crippen LogP contribution is -2.24. The Hall–Kier alpha value is -2.31. The molecule has 1 rings (SSSR count). The molecule has 0 aliphatic rings. The standard InChI is InChI=1S/C12H18N4O7S/c1-3-8(4-7(2)17)14-12-10(15(18)19)5-9(24(13,22)23)6-11(12)16(20)21/h5-8,14,17H,3-4H2,1-2H3,(H2,13,22,23). The molecule has 11 nitrogen and oxygen atoms in total. The van der Waals surface area contributed by atoms with Crippen molar-refractivity contribution in [1.29, 1.82) is 0 Å². The molecule has 0 spiro atoms. The number of aliphatic hydroxyl groups excluding tert-OH is 1. The highest BCUT2D eigenvalue weighted by atomic mass is 32.2. The molecule has 0 saturated heterocycles. The van der Waals surface area contributed by atoms with Gasteiger partial charge in [-0.05, 0) is 19.8 Å². The molecule has 134 valence electrons. The number of nitrogens with two attached hydrogens (primary N) is 1. The monoisotopic (exact) mass is 362 g/mol. The molecule has 2 unspecified atom stereocenters. The van der Waals surface area contributed by atoms with Crippen molar-refractivity contribution in [1.82, 2.24) is 0 Å². The second kappa shape index (κ2) is 7.51. The third kappa shape index (κ3) is 4.84. The van der Waals surface area contributed by atoms with Crippen molar-refractivity contribution < 1.29 is 23.4 Å². The summed E-state index contributed by atoms with van der Waals surface area (Å²) in [5.41, 5.74) is -1.99. The predicted octanol–water partition coefficient (Wildman–Crippen LogP) is 1.11. The van der Waals surface area contributed by atoms with Crippen LogP contribution in [0.4, 0.5) is 17.1 Å². The topological polar surface area (TPSA) is 179 Å². The fraction of sp³-hybridized carbons (Fsp3) is 0.500. The Morgan fingerprint density at radius 2 is 1.71 bits per heavy atom. The van der Waals surface area contributed by atoms with E-state index in [9.17, 15) is 33.8 Å². The largest absolute Gasteiger partial charge is 0.393 e. The molecule has 0 amide bonds. The first-order valence-electron chi connectivity index (χ1n) is 6.91. The van der Waals surface area contributed by atoms with Crippen molar-refractivity contribution in [2.75, 3.05) is 5.32 Å². The maximum absolute atomic E-state index is 11.4. The molecule has 0 saturated carbocycles. The van der Waals surface area contributed by atoms with Gasteiger partial charge in [-0.3, -0.25) is 20.2 Å².